The van der Waals surface area contributed by atoms with Crippen molar-refractivity contribution in [2.45, 2.75) is 45.1 Å². The highest BCUT2D eigenvalue weighted by Crippen LogP contribution is 2.46. The highest BCUT2D eigenvalue weighted by atomic mass is 32.1. The fourth-order valence-electron chi connectivity index (χ4n) is 5.07. The zero-order valence-electron chi connectivity index (χ0n) is 20.7. The predicted molar refractivity (Wildman–Crippen MR) is 141 cm³/mol. The van der Waals surface area contributed by atoms with Gasteiger partial charge in [-0.15, -0.1) is 11.3 Å². The van der Waals surface area contributed by atoms with Crippen molar-refractivity contribution >= 4 is 23.1 Å². The largest absolute Gasteiger partial charge is 0.497 e. The molecule has 1 N–H and O–H groups in total. The Labute approximate surface area is 215 Å². The van der Waals surface area contributed by atoms with E-state index in [4.69, 9.17) is 9.47 Å². The number of hydrogen-bond donors (Lipinski definition) is 1. The van der Waals surface area contributed by atoms with Crippen molar-refractivity contribution in [2.75, 3.05) is 7.11 Å². The summed E-state index contributed by atoms with van der Waals surface area (Å²) in [7, 11) is 1.61. The van der Waals surface area contributed by atoms with E-state index < -0.39 is 11.9 Å². The topological polar surface area (TPSA) is 64.6 Å². The maximum absolute atomic E-state index is 13.6. The Bertz CT molecular complexity index is 1330. The molecule has 5 rings (SSSR count). The molecular weight excluding hydrogens is 470 g/mol. The lowest BCUT2D eigenvalue weighted by atomic mass is 9.73. The number of carbonyl (C=O) groups is 2. The van der Waals surface area contributed by atoms with Gasteiger partial charge in [-0.2, -0.15) is 0 Å². The second-order valence-electron chi connectivity index (χ2n) is 9.37. The number of Topliss-reactive ketones (excluding diaryl/α,β-unsaturated/α-hetero) is 1. The average molecular weight is 500 g/mol. The molecule has 36 heavy (non-hydrogen) atoms. The highest BCUT2D eigenvalue weighted by Gasteiger charge is 2.41. The molecule has 0 saturated heterocycles. The van der Waals surface area contributed by atoms with Crippen LogP contribution in [0.2, 0.25) is 0 Å². The van der Waals surface area contributed by atoms with Crippen molar-refractivity contribution in [3.63, 3.8) is 0 Å². The van der Waals surface area contributed by atoms with Crippen LogP contribution in [0.15, 0.2) is 88.6 Å². The van der Waals surface area contributed by atoms with Gasteiger partial charge in [0.1, 0.15) is 12.4 Å². The van der Waals surface area contributed by atoms with Crippen molar-refractivity contribution < 1.29 is 19.1 Å². The van der Waals surface area contributed by atoms with Crippen LogP contribution in [0, 0.1) is 6.92 Å². The molecule has 0 amide bonds. The molecule has 0 saturated carbocycles. The van der Waals surface area contributed by atoms with Gasteiger partial charge >= 0.3 is 5.97 Å². The number of esters is 1. The predicted octanol–water partition coefficient (Wildman–Crippen LogP) is 6.17. The van der Waals surface area contributed by atoms with Crippen molar-refractivity contribution in [1.29, 1.82) is 0 Å². The number of nitrogens with one attached hydrogen (secondary N) is 1. The van der Waals surface area contributed by atoms with Crippen LogP contribution < -0.4 is 10.1 Å². The van der Waals surface area contributed by atoms with Gasteiger partial charge in [-0.05, 0) is 60.9 Å². The molecule has 0 spiro atoms. The summed E-state index contributed by atoms with van der Waals surface area (Å²) in [5.74, 6) is 0.118. The van der Waals surface area contributed by atoms with E-state index >= 15 is 0 Å². The number of carbonyl (C=O) groups excluding carboxylic acids is 2. The monoisotopic (exact) mass is 499 g/mol. The number of methoxy groups -OCH3 is 1. The van der Waals surface area contributed by atoms with E-state index in [1.807, 2.05) is 48.7 Å². The molecule has 0 unspecified atom stereocenters. The van der Waals surface area contributed by atoms with Crippen LogP contribution in [0.1, 0.15) is 53.2 Å². The molecule has 184 valence electrons. The quantitative estimate of drug-likeness (QED) is 0.411. The molecule has 2 heterocycles. The van der Waals surface area contributed by atoms with E-state index in [2.05, 4.69) is 36.5 Å². The molecule has 1 aliphatic heterocycles. The van der Waals surface area contributed by atoms with E-state index in [1.54, 1.807) is 18.4 Å². The molecule has 2 aromatic carbocycles. The second-order valence-corrected chi connectivity index (χ2v) is 10.3. The van der Waals surface area contributed by atoms with Gasteiger partial charge in [-0.25, -0.2) is 4.79 Å². The Morgan fingerprint density at radius 3 is 2.44 bits per heavy atom. The van der Waals surface area contributed by atoms with Gasteiger partial charge in [0.2, 0.25) is 0 Å². The first kappa shape index (κ1) is 24.1. The molecular formula is C30H29NO4S. The first-order chi connectivity index (χ1) is 17.4. The van der Waals surface area contributed by atoms with Crippen LogP contribution >= 0.6 is 11.3 Å². The average Bonchev–Trinajstić information content (AvgIpc) is 3.42. The Balaban J connectivity index is 1.43. The number of benzene rings is 2. The van der Waals surface area contributed by atoms with Gasteiger partial charge in [0.15, 0.2) is 5.78 Å². The lowest BCUT2D eigenvalue weighted by Crippen LogP contribution is -2.35. The third-order valence-electron chi connectivity index (χ3n) is 6.95. The van der Waals surface area contributed by atoms with E-state index in [0.29, 0.717) is 17.6 Å². The summed E-state index contributed by atoms with van der Waals surface area (Å²) in [6.45, 7) is 4.11. The molecule has 2 atom stereocenters. The van der Waals surface area contributed by atoms with Crippen molar-refractivity contribution in [1.82, 2.24) is 5.32 Å². The molecule has 0 radical (unpaired) electrons. The summed E-state index contributed by atoms with van der Waals surface area (Å²) in [4.78, 5) is 28.0. The number of dihydropyridines is 1. The number of ketones is 1. The number of thiophene rings is 1. The van der Waals surface area contributed by atoms with Crippen LogP contribution in [0.4, 0.5) is 0 Å². The van der Waals surface area contributed by atoms with Crippen LogP contribution in [-0.2, 0) is 20.9 Å². The highest BCUT2D eigenvalue weighted by molar-refractivity contribution is 7.10. The lowest BCUT2D eigenvalue weighted by molar-refractivity contribution is -0.140. The maximum Gasteiger partial charge on any atom is 0.337 e. The van der Waals surface area contributed by atoms with Crippen LogP contribution in [0.5, 0.6) is 5.75 Å². The van der Waals surface area contributed by atoms with Crippen LogP contribution in [0.3, 0.4) is 0 Å². The lowest BCUT2D eigenvalue weighted by Gasteiger charge is -2.36. The molecule has 1 aromatic heterocycles. The number of allylic oxidation sites excluding steroid dienone is 3. The third kappa shape index (κ3) is 4.73. The summed E-state index contributed by atoms with van der Waals surface area (Å²) in [6.07, 6.45) is 1.16. The van der Waals surface area contributed by atoms with Crippen LogP contribution in [0.25, 0.3) is 0 Å². The molecule has 2 aliphatic rings. The van der Waals surface area contributed by atoms with E-state index in [-0.39, 0.29) is 18.3 Å². The minimum atomic E-state index is -0.420. The summed E-state index contributed by atoms with van der Waals surface area (Å²) < 4.78 is 11.0. The fraction of sp³-hybridized carbons (Fsp3) is 0.267. The summed E-state index contributed by atoms with van der Waals surface area (Å²) in [5.41, 5.74) is 6.10. The van der Waals surface area contributed by atoms with Gasteiger partial charge in [0, 0.05) is 28.3 Å². The van der Waals surface area contributed by atoms with Gasteiger partial charge in [-0.3, -0.25) is 4.79 Å². The van der Waals surface area contributed by atoms with E-state index in [1.165, 1.54) is 11.1 Å². The fourth-order valence-corrected chi connectivity index (χ4v) is 5.92. The van der Waals surface area contributed by atoms with Gasteiger partial charge in [-0.1, -0.05) is 48.0 Å². The molecule has 5 nitrogen and oxygen atoms in total. The minimum absolute atomic E-state index is 0.0840. The first-order valence-corrected chi connectivity index (χ1v) is 13.0. The molecule has 0 bridgehead atoms. The Morgan fingerprint density at radius 1 is 1.03 bits per heavy atom. The van der Waals surface area contributed by atoms with Gasteiger partial charge in [0.05, 0.1) is 18.6 Å². The Kier molecular flexibility index (Phi) is 6.79. The standard InChI is InChI=1S/C30H29NO4S/c1-18-6-10-21(11-7-18)22-15-24-28(25(32)16-22)29(26-5-4-14-36-26)27(19(2)31-24)30(33)35-17-20-8-12-23(34-3)13-9-20/h4-14,22,29,31H,15-17H2,1-3H3/t22-,29+/m0/s1. The summed E-state index contributed by atoms with van der Waals surface area (Å²) in [6, 6.07) is 19.8. The van der Waals surface area contributed by atoms with E-state index in [9.17, 15) is 9.59 Å². The SMILES string of the molecule is COc1ccc(COC(=O)C2=C(C)NC3=C(C(=O)C[C@@H](c4ccc(C)cc4)C3)[C@@H]2c2cccs2)cc1. The molecule has 0 fully saturated rings. The zero-order chi connectivity index (χ0) is 25.2. The second kappa shape index (κ2) is 10.2. The molecule has 6 heteroatoms. The van der Waals surface area contributed by atoms with Crippen molar-refractivity contribution in [3.8, 4) is 5.75 Å². The first-order valence-electron chi connectivity index (χ1n) is 12.1. The number of aryl methyl sites for hydroxylation is 1. The number of rotatable bonds is 6. The summed E-state index contributed by atoms with van der Waals surface area (Å²) >= 11 is 1.56. The normalized spacial score (nSPS) is 19.6. The number of hydrogen-bond acceptors (Lipinski definition) is 6. The molecule has 3 aromatic rings. The van der Waals surface area contributed by atoms with Crippen molar-refractivity contribution in [2.24, 2.45) is 0 Å². The smallest absolute Gasteiger partial charge is 0.337 e. The van der Waals surface area contributed by atoms with Gasteiger partial charge < -0.3 is 14.8 Å². The Hall–Kier alpha value is -3.64. The van der Waals surface area contributed by atoms with Crippen molar-refractivity contribution in [3.05, 3.63) is 110 Å². The summed E-state index contributed by atoms with van der Waals surface area (Å²) in [5, 5.41) is 5.40. The third-order valence-corrected chi connectivity index (χ3v) is 7.89. The van der Waals surface area contributed by atoms with Gasteiger partial charge in [0.25, 0.3) is 0 Å². The van der Waals surface area contributed by atoms with Crippen LogP contribution in [-0.4, -0.2) is 18.9 Å². The zero-order valence-corrected chi connectivity index (χ0v) is 21.5. The van der Waals surface area contributed by atoms with E-state index in [0.717, 1.165) is 34.0 Å². The number of ether oxygens (including phenoxy) is 2. The maximum atomic E-state index is 13.6. The molecule has 1 aliphatic carbocycles. The Morgan fingerprint density at radius 2 is 1.78 bits per heavy atom. The minimum Gasteiger partial charge on any atom is -0.497 e.